The van der Waals surface area contributed by atoms with Gasteiger partial charge in [0.1, 0.15) is 11.5 Å². The zero-order valence-corrected chi connectivity index (χ0v) is 14.0. The lowest BCUT2D eigenvalue weighted by atomic mass is 9.95. The average Bonchev–Trinajstić information content (AvgIpc) is 3.11. The average molecular weight is 335 g/mol. The minimum absolute atomic E-state index is 0.250. The molecule has 4 N–H and O–H groups in total. The molecule has 4 heteroatoms. The van der Waals surface area contributed by atoms with Crippen LogP contribution in [0.5, 0.6) is 11.5 Å². The van der Waals surface area contributed by atoms with Crippen molar-refractivity contribution in [1.29, 1.82) is 0 Å². The highest BCUT2D eigenvalue weighted by Gasteiger charge is 2.27. The van der Waals surface area contributed by atoms with E-state index in [1.54, 1.807) is 29.5 Å². The summed E-state index contributed by atoms with van der Waals surface area (Å²) in [6, 6.07) is 10.9. The molecule has 0 saturated heterocycles. The number of hydrogen-bond acceptors (Lipinski definition) is 4. The van der Waals surface area contributed by atoms with Gasteiger partial charge in [-0.15, -0.1) is 11.3 Å². The van der Waals surface area contributed by atoms with Gasteiger partial charge in [-0.05, 0) is 71.0 Å². The van der Waals surface area contributed by atoms with Crippen molar-refractivity contribution in [2.75, 3.05) is 5.73 Å². The number of phenolic OH excluding ortho intramolecular Hbond substituents is 2. The summed E-state index contributed by atoms with van der Waals surface area (Å²) in [5.74, 6) is 0.518. The molecular weight excluding hydrogens is 318 g/mol. The Balaban J connectivity index is 2.00. The second kappa shape index (κ2) is 5.42. The van der Waals surface area contributed by atoms with Crippen LogP contribution in [0.2, 0.25) is 0 Å². The number of allylic oxidation sites excluding steroid dienone is 1. The van der Waals surface area contributed by atoms with Crippen LogP contribution in [0.4, 0.5) is 5.69 Å². The summed E-state index contributed by atoms with van der Waals surface area (Å²) in [6.07, 6.45) is 0.789. The summed E-state index contributed by atoms with van der Waals surface area (Å²) < 4.78 is 0. The van der Waals surface area contributed by atoms with E-state index in [1.165, 1.54) is 11.1 Å². The van der Waals surface area contributed by atoms with E-state index in [-0.39, 0.29) is 11.5 Å². The van der Waals surface area contributed by atoms with Crippen LogP contribution in [-0.4, -0.2) is 10.2 Å². The highest BCUT2D eigenvalue weighted by molar-refractivity contribution is 7.08. The normalized spacial score (nSPS) is 13.4. The maximum absolute atomic E-state index is 10.1. The van der Waals surface area contributed by atoms with E-state index >= 15 is 0 Å². The molecule has 0 aliphatic heterocycles. The zero-order chi connectivity index (χ0) is 16.8. The first kappa shape index (κ1) is 14.8. The molecule has 0 atom stereocenters. The maximum atomic E-state index is 10.1. The Bertz CT molecular complexity index is 968. The van der Waals surface area contributed by atoms with E-state index in [4.69, 9.17) is 5.73 Å². The van der Waals surface area contributed by atoms with Gasteiger partial charge in [0.25, 0.3) is 0 Å². The first-order valence-electron chi connectivity index (χ1n) is 7.72. The number of hydrogen-bond donors (Lipinski definition) is 3. The van der Waals surface area contributed by atoms with Crippen LogP contribution in [-0.2, 0) is 6.42 Å². The molecule has 0 fully saturated rings. The highest BCUT2D eigenvalue weighted by atomic mass is 32.1. The molecule has 0 unspecified atom stereocenters. The van der Waals surface area contributed by atoms with Crippen molar-refractivity contribution in [2.24, 2.45) is 0 Å². The molecule has 24 heavy (non-hydrogen) atoms. The Morgan fingerprint density at radius 3 is 2.38 bits per heavy atom. The first-order chi connectivity index (χ1) is 11.5. The lowest BCUT2D eigenvalue weighted by Crippen LogP contribution is -1.93. The number of nitrogens with two attached hydrogens (primary N) is 1. The van der Waals surface area contributed by atoms with Gasteiger partial charge in [-0.3, -0.25) is 0 Å². The number of fused-ring (bicyclic) bond motifs is 1. The monoisotopic (exact) mass is 335 g/mol. The maximum Gasteiger partial charge on any atom is 0.116 e. The van der Waals surface area contributed by atoms with Gasteiger partial charge in [0.05, 0.1) is 5.69 Å². The fourth-order valence-corrected chi connectivity index (χ4v) is 4.14. The van der Waals surface area contributed by atoms with Crippen molar-refractivity contribution in [3.63, 3.8) is 0 Å². The molecule has 1 heterocycles. The van der Waals surface area contributed by atoms with E-state index in [1.807, 2.05) is 30.5 Å². The van der Waals surface area contributed by atoms with Gasteiger partial charge < -0.3 is 15.9 Å². The van der Waals surface area contributed by atoms with Gasteiger partial charge in [0, 0.05) is 16.3 Å². The van der Waals surface area contributed by atoms with Crippen molar-refractivity contribution >= 4 is 28.2 Å². The number of nitrogen functional groups attached to an aromatic ring is 1. The predicted octanol–water partition coefficient (Wildman–Crippen LogP) is 4.57. The number of aryl methyl sites for hydroxylation is 1. The minimum Gasteiger partial charge on any atom is -0.508 e. The van der Waals surface area contributed by atoms with Gasteiger partial charge >= 0.3 is 0 Å². The van der Waals surface area contributed by atoms with Gasteiger partial charge in [0.15, 0.2) is 0 Å². The zero-order valence-electron chi connectivity index (χ0n) is 13.2. The molecule has 3 aromatic rings. The summed E-state index contributed by atoms with van der Waals surface area (Å²) in [7, 11) is 0. The Morgan fingerprint density at radius 1 is 0.958 bits per heavy atom. The third kappa shape index (κ3) is 2.27. The smallest absolute Gasteiger partial charge is 0.116 e. The van der Waals surface area contributed by atoms with E-state index in [9.17, 15) is 10.2 Å². The van der Waals surface area contributed by atoms with Gasteiger partial charge in [0.2, 0.25) is 0 Å². The molecular formula is C20H17NO2S. The lowest BCUT2D eigenvalue weighted by Gasteiger charge is -2.10. The Labute approximate surface area is 144 Å². The van der Waals surface area contributed by atoms with Crippen LogP contribution >= 0.6 is 11.3 Å². The summed E-state index contributed by atoms with van der Waals surface area (Å²) in [4.78, 5) is 0. The molecule has 1 aliphatic carbocycles. The minimum atomic E-state index is 0.250. The highest BCUT2D eigenvalue weighted by Crippen LogP contribution is 2.46. The van der Waals surface area contributed by atoms with Gasteiger partial charge in [-0.25, -0.2) is 0 Å². The van der Waals surface area contributed by atoms with Crippen molar-refractivity contribution in [2.45, 2.75) is 13.3 Å². The van der Waals surface area contributed by atoms with Crippen LogP contribution in [0, 0.1) is 6.92 Å². The van der Waals surface area contributed by atoms with Gasteiger partial charge in [-0.2, -0.15) is 0 Å². The van der Waals surface area contributed by atoms with Crippen molar-refractivity contribution in [3.8, 4) is 11.5 Å². The fourth-order valence-electron chi connectivity index (χ4n) is 3.41. The molecule has 0 amide bonds. The second-order valence-corrected chi connectivity index (χ2v) is 6.85. The fraction of sp³-hybridized carbons (Fsp3) is 0.100. The van der Waals surface area contributed by atoms with Crippen LogP contribution in [0.15, 0.2) is 47.2 Å². The molecule has 120 valence electrons. The van der Waals surface area contributed by atoms with Crippen LogP contribution in [0.1, 0.15) is 27.8 Å². The topological polar surface area (TPSA) is 66.5 Å². The molecule has 0 bridgehead atoms. The summed E-state index contributed by atoms with van der Waals surface area (Å²) in [5.41, 5.74) is 14.6. The molecule has 0 spiro atoms. The SMILES string of the molecule is Cc1cc(O)cc2c1CC(c1ccc(O)cc1)=C2c1cscc1N. The number of aromatic hydroxyl groups is 2. The quantitative estimate of drug-likeness (QED) is 0.643. The van der Waals surface area contributed by atoms with Crippen molar-refractivity contribution < 1.29 is 10.2 Å². The molecule has 2 aromatic carbocycles. The second-order valence-electron chi connectivity index (χ2n) is 6.11. The Kier molecular flexibility index (Phi) is 3.36. The Hall–Kier alpha value is -2.72. The number of benzene rings is 2. The molecule has 1 aromatic heterocycles. The molecule has 4 rings (SSSR count). The number of rotatable bonds is 2. The standard InChI is InChI=1S/C20H17NO2S/c1-11-6-14(23)7-17-15(11)8-16(12-2-4-13(22)5-3-12)20(17)18-9-24-10-19(18)21/h2-7,9-10,22-23H,8,21H2,1H3. The summed E-state index contributed by atoms with van der Waals surface area (Å²) in [5, 5.41) is 23.6. The molecule has 3 nitrogen and oxygen atoms in total. The van der Waals surface area contributed by atoms with Gasteiger partial charge in [-0.1, -0.05) is 12.1 Å². The van der Waals surface area contributed by atoms with E-state index < -0.39 is 0 Å². The van der Waals surface area contributed by atoms with Crippen molar-refractivity contribution in [3.05, 3.63) is 75.0 Å². The van der Waals surface area contributed by atoms with Crippen LogP contribution in [0.25, 0.3) is 11.1 Å². The number of phenols is 2. The van der Waals surface area contributed by atoms with Crippen molar-refractivity contribution in [1.82, 2.24) is 0 Å². The first-order valence-corrected chi connectivity index (χ1v) is 8.66. The molecule has 1 aliphatic rings. The van der Waals surface area contributed by atoms with Crippen LogP contribution in [0.3, 0.4) is 0 Å². The largest absolute Gasteiger partial charge is 0.508 e. The third-order valence-electron chi connectivity index (χ3n) is 4.56. The van der Waals surface area contributed by atoms with E-state index in [2.05, 4.69) is 5.38 Å². The summed E-state index contributed by atoms with van der Waals surface area (Å²) >= 11 is 1.57. The molecule has 0 radical (unpaired) electrons. The number of anilines is 1. The summed E-state index contributed by atoms with van der Waals surface area (Å²) in [6.45, 7) is 2.02. The molecule has 0 saturated carbocycles. The van der Waals surface area contributed by atoms with Crippen LogP contribution < -0.4 is 5.73 Å². The number of thiophene rings is 1. The lowest BCUT2D eigenvalue weighted by molar-refractivity contribution is 0.474. The Morgan fingerprint density at radius 2 is 1.71 bits per heavy atom. The third-order valence-corrected chi connectivity index (χ3v) is 5.32. The predicted molar refractivity (Wildman–Crippen MR) is 99.3 cm³/mol. The van der Waals surface area contributed by atoms with E-state index in [0.29, 0.717) is 0 Å². The van der Waals surface area contributed by atoms with E-state index in [0.717, 1.165) is 39.9 Å².